The third-order valence-electron chi connectivity index (χ3n) is 2.87. The van der Waals surface area contributed by atoms with Crippen LogP contribution in [0.1, 0.15) is 77.6 Å². The van der Waals surface area contributed by atoms with Crippen molar-refractivity contribution in [1.82, 2.24) is 0 Å². The monoisotopic (exact) mass is 271 g/mol. The molecular weight excluding hydrogens is 244 g/mol. The molecule has 0 atom stereocenters. The Morgan fingerprint density at radius 3 is 1.38 bits per heavy atom. The molecule has 0 unspecified atom stereocenters. The summed E-state index contributed by atoms with van der Waals surface area (Å²) in [6.45, 7) is 2.25. The first-order valence-electron chi connectivity index (χ1n) is 6.75. The van der Waals surface area contributed by atoms with Gasteiger partial charge in [0.05, 0.1) is 0 Å². The average molecular weight is 271 g/mol. The van der Waals surface area contributed by atoms with Crippen molar-refractivity contribution in [2.24, 2.45) is 0 Å². The topological polar surface area (TPSA) is 34.1 Å². The van der Waals surface area contributed by atoms with Gasteiger partial charge in [-0.15, -0.1) is 0 Å². The molecule has 0 heterocycles. The fourth-order valence-electron chi connectivity index (χ4n) is 1.85. The second-order valence-electron chi connectivity index (χ2n) is 4.48. The van der Waals surface area contributed by atoms with Crippen LogP contribution < -0.4 is 0 Å². The number of unbranched alkanes of at least 4 members (excludes halogenated alkanes) is 10. The zero-order valence-corrected chi connectivity index (χ0v) is 11.8. The molecule has 0 aromatic heterocycles. The van der Waals surface area contributed by atoms with Gasteiger partial charge in [-0.3, -0.25) is 0 Å². The quantitative estimate of drug-likeness (QED) is 0.368. The van der Waals surface area contributed by atoms with E-state index >= 15 is 0 Å². The Morgan fingerprint density at radius 1 is 0.625 bits per heavy atom. The van der Waals surface area contributed by atoms with Crippen molar-refractivity contribution in [1.29, 1.82) is 0 Å². The molecule has 0 aromatic carbocycles. The third kappa shape index (κ3) is 14.1. The van der Waals surface area contributed by atoms with Gasteiger partial charge in [0, 0.05) is 0 Å². The summed E-state index contributed by atoms with van der Waals surface area (Å²) in [5.74, 6) is 0. The Morgan fingerprint density at radius 2 is 1.00 bits per heavy atom. The van der Waals surface area contributed by atoms with E-state index in [1.54, 1.807) is 0 Å². The molecule has 0 fully saturated rings. The fraction of sp³-hybridized carbons (Fsp3) is 1.00. The molecule has 0 radical (unpaired) electrons. The maximum atomic E-state index is 10.3. The van der Waals surface area contributed by atoms with E-state index in [1.165, 1.54) is 57.8 Å². The van der Waals surface area contributed by atoms with Gasteiger partial charge in [0.15, 0.2) is 0 Å². The molecule has 0 aliphatic rings. The first-order chi connectivity index (χ1) is 7.77. The molecule has 16 heavy (non-hydrogen) atoms. The predicted octanol–water partition coefficient (Wildman–Crippen LogP) is 5.02. The van der Waals surface area contributed by atoms with Crippen molar-refractivity contribution in [3.8, 4) is 0 Å². The molecule has 2 nitrogen and oxygen atoms in total. The Hall–Kier alpha value is 0.119. The van der Waals surface area contributed by atoms with Gasteiger partial charge in [-0.1, -0.05) is 6.92 Å². The predicted molar refractivity (Wildman–Crippen MR) is 62.6 cm³/mol. The van der Waals surface area contributed by atoms with Crippen LogP contribution in [-0.4, -0.2) is 0 Å². The van der Waals surface area contributed by atoms with Gasteiger partial charge in [-0.05, 0) is 0 Å². The van der Waals surface area contributed by atoms with Crippen molar-refractivity contribution in [3.63, 3.8) is 0 Å². The summed E-state index contributed by atoms with van der Waals surface area (Å²) >= 11 is -2.29. The van der Waals surface area contributed by atoms with E-state index in [1.807, 2.05) is 0 Å². The first kappa shape index (κ1) is 16.1. The molecule has 0 bridgehead atoms. The molecule has 0 spiro atoms. The molecule has 3 heteroatoms. The van der Waals surface area contributed by atoms with Gasteiger partial charge in [-0.25, -0.2) is 0 Å². The van der Waals surface area contributed by atoms with Gasteiger partial charge in [-0.2, -0.15) is 0 Å². The second-order valence-corrected chi connectivity index (χ2v) is 5.85. The van der Waals surface area contributed by atoms with E-state index < -0.39 is 13.8 Å². The van der Waals surface area contributed by atoms with Crippen LogP contribution in [0.15, 0.2) is 0 Å². The normalized spacial score (nSPS) is 11.1. The van der Waals surface area contributed by atoms with E-state index in [0.717, 1.165) is 12.8 Å². The van der Waals surface area contributed by atoms with E-state index in [2.05, 4.69) is 6.92 Å². The van der Waals surface area contributed by atoms with Crippen molar-refractivity contribution >= 4 is 0 Å². The van der Waals surface area contributed by atoms with Gasteiger partial charge in [0.1, 0.15) is 0 Å². The Kier molecular flexibility index (Phi) is 13.3. The van der Waals surface area contributed by atoms with Crippen LogP contribution in [0.2, 0.25) is 5.32 Å². The number of hydrogen-bond donors (Lipinski definition) is 0. The molecule has 0 aromatic rings. The van der Waals surface area contributed by atoms with Gasteiger partial charge < -0.3 is 0 Å². The maximum absolute atomic E-state index is 10.3. The summed E-state index contributed by atoms with van der Waals surface area (Å²) in [7, 11) is 0. The second kappa shape index (κ2) is 13.2. The average Bonchev–Trinajstić information content (AvgIpc) is 2.25. The Labute approximate surface area is 104 Å². The number of hydrogen-bond acceptors (Lipinski definition) is 2. The number of rotatable bonds is 12. The zero-order valence-electron chi connectivity index (χ0n) is 10.7. The summed E-state index contributed by atoms with van der Waals surface area (Å²) in [4.78, 5) is 0. The molecule has 0 aliphatic heterocycles. The van der Waals surface area contributed by atoms with Gasteiger partial charge in [0.25, 0.3) is 0 Å². The van der Waals surface area contributed by atoms with Gasteiger partial charge in [0.2, 0.25) is 0 Å². The molecule has 0 saturated heterocycles. The first-order valence-corrected chi connectivity index (χ1v) is 8.43. The summed E-state index contributed by atoms with van der Waals surface area (Å²) in [6, 6.07) is 0. The standard InChI is InChI=1S/C13H27.Fe.2O/c1-3-5-7-9-11-13-12-10-8-6-4-2;;;/h1,3-13H2,2H3;;;. The van der Waals surface area contributed by atoms with Crippen molar-refractivity contribution in [2.45, 2.75) is 82.9 Å². The van der Waals surface area contributed by atoms with Crippen LogP contribution in [-0.2, 0) is 21.4 Å². The zero-order chi connectivity index (χ0) is 12.1. The summed E-state index contributed by atoms with van der Waals surface area (Å²) in [6.07, 6.45) is 14.0. The van der Waals surface area contributed by atoms with E-state index in [0.29, 0.717) is 5.32 Å². The Bertz CT molecular complexity index is 192. The van der Waals surface area contributed by atoms with Gasteiger partial charge >= 0.3 is 97.4 Å². The van der Waals surface area contributed by atoms with E-state index in [-0.39, 0.29) is 0 Å². The van der Waals surface area contributed by atoms with Crippen molar-refractivity contribution < 1.29 is 21.4 Å². The molecule has 0 N–H and O–H groups in total. The Balaban J connectivity index is 2.93. The van der Waals surface area contributed by atoms with E-state index in [9.17, 15) is 7.67 Å². The molecule has 99 valence electrons. The van der Waals surface area contributed by atoms with Crippen molar-refractivity contribution in [2.75, 3.05) is 0 Å². The van der Waals surface area contributed by atoms with Crippen molar-refractivity contribution in [3.05, 3.63) is 0 Å². The van der Waals surface area contributed by atoms with Crippen LogP contribution in [0.3, 0.4) is 0 Å². The van der Waals surface area contributed by atoms with Crippen LogP contribution >= 0.6 is 0 Å². The summed E-state index contributed by atoms with van der Waals surface area (Å²) in [5, 5.41) is 0.400. The fourth-order valence-corrected chi connectivity index (χ4v) is 2.45. The third-order valence-corrected chi connectivity index (χ3v) is 3.71. The van der Waals surface area contributed by atoms with Crippen LogP contribution in [0.4, 0.5) is 0 Å². The van der Waals surface area contributed by atoms with Crippen LogP contribution in [0, 0.1) is 0 Å². The van der Waals surface area contributed by atoms with Crippen LogP contribution in [0.5, 0.6) is 0 Å². The molecule has 0 amide bonds. The summed E-state index contributed by atoms with van der Waals surface area (Å²) < 4.78 is 20.6. The molecule has 0 saturated carbocycles. The molecular formula is C13H27FeO2. The van der Waals surface area contributed by atoms with E-state index in [4.69, 9.17) is 0 Å². The minimum atomic E-state index is -2.29. The summed E-state index contributed by atoms with van der Waals surface area (Å²) in [5.41, 5.74) is 0. The SMILES string of the molecule is CCCCCCCCCCCC[CH2][Fe](=[O])=[O]. The molecule has 0 aliphatic carbocycles. The minimum absolute atomic E-state index is 0.400. The van der Waals surface area contributed by atoms with Crippen LogP contribution in [0.25, 0.3) is 0 Å². The molecule has 0 rings (SSSR count).